The summed E-state index contributed by atoms with van der Waals surface area (Å²) in [5.74, 6) is 0.688. The molecule has 0 fully saturated rings. The zero-order valence-corrected chi connectivity index (χ0v) is 20.4. The second-order valence-electron chi connectivity index (χ2n) is 9.54. The Morgan fingerprint density at radius 1 is 0.676 bits per heavy atom. The topological polar surface area (TPSA) is 29.6 Å². The third-order valence-electron chi connectivity index (χ3n) is 7.37. The first-order valence-electron chi connectivity index (χ1n) is 12.6. The van der Waals surface area contributed by atoms with Gasteiger partial charge in [0, 0.05) is 22.0 Å². The molecule has 5 aromatic carbocycles. The quantitative estimate of drug-likeness (QED) is 0.182. The van der Waals surface area contributed by atoms with Crippen molar-refractivity contribution in [3.8, 4) is 16.8 Å². The molecule has 176 valence electrons. The van der Waals surface area contributed by atoms with Gasteiger partial charge in [-0.25, -0.2) is 4.99 Å². The number of hydrogen-bond donors (Lipinski definition) is 0. The Bertz CT molecular complexity index is 1790. The van der Waals surface area contributed by atoms with Crippen LogP contribution in [0.15, 0.2) is 125 Å². The molecule has 0 radical (unpaired) electrons. The summed E-state index contributed by atoms with van der Waals surface area (Å²) in [7, 11) is 0. The van der Waals surface area contributed by atoms with Gasteiger partial charge in [-0.05, 0) is 71.3 Å². The van der Waals surface area contributed by atoms with Crippen LogP contribution < -0.4 is 0 Å². The molecule has 6 aromatic rings. The lowest BCUT2D eigenvalue weighted by atomic mass is 10.0. The molecule has 3 heteroatoms. The van der Waals surface area contributed by atoms with E-state index in [-0.39, 0.29) is 0 Å². The van der Waals surface area contributed by atoms with Crippen LogP contribution in [0.4, 0.5) is 0 Å². The Morgan fingerprint density at radius 3 is 2.11 bits per heavy atom. The highest BCUT2D eigenvalue weighted by atomic mass is 15.0. The largest absolute Gasteiger partial charge is 0.309 e. The Balaban J connectivity index is 1.29. The van der Waals surface area contributed by atoms with E-state index < -0.39 is 0 Å². The van der Waals surface area contributed by atoms with Crippen molar-refractivity contribution < 1.29 is 0 Å². The first-order valence-corrected chi connectivity index (χ1v) is 12.6. The van der Waals surface area contributed by atoms with Gasteiger partial charge in [0.25, 0.3) is 0 Å². The minimum Gasteiger partial charge on any atom is -0.309 e. The van der Waals surface area contributed by atoms with Gasteiger partial charge in [0.1, 0.15) is 0 Å². The summed E-state index contributed by atoms with van der Waals surface area (Å²) in [4.78, 5) is 9.00. The average Bonchev–Trinajstić information content (AvgIpc) is 3.49. The van der Waals surface area contributed by atoms with Gasteiger partial charge in [0.05, 0.1) is 17.6 Å². The monoisotopic (exact) mass is 475 g/mol. The lowest BCUT2D eigenvalue weighted by molar-refractivity contribution is 1.06. The zero-order valence-electron chi connectivity index (χ0n) is 20.4. The summed E-state index contributed by atoms with van der Waals surface area (Å²) in [5, 5.41) is 2.56. The molecule has 1 aliphatic carbocycles. The number of aliphatic imine (C=N–C) groups is 2. The van der Waals surface area contributed by atoms with Crippen molar-refractivity contribution in [2.75, 3.05) is 0 Å². The predicted octanol–water partition coefficient (Wildman–Crippen LogP) is 8.00. The van der Waals surface area contributed by atoms with Gasteiger partial charge in [-0.15, -0.1) is 0 Å². The molecule has 1 aliphatic rings. The van der Waals surface area contributed by atoms with Crippen molar-refractivity contribution in [2.24, 2.45) is 9.98 Å². The number of aromatic nitrogens is 1. The minimum atomic E-state index is 0.592. The molecule has 0 saturated heterocycles. The molecule has 0 bridgehead atoms. The average molecular weight is 476 g/mol. The van der Waals surface area contributed by atoms with Crippen molar-refractivity contribution in [3.63, 3.8) is 0 Å². The number of fused-ring (bicyclic) bond motifs is 6. The Hall–Kier alpha value is -4.76. The second-order valence-corrected chi connectivity index (χ2v) is 9.54. The number of amidine groups is 1. The number of hydrogen-bond acceptors (Lipinski definition) is 1. The second kappa shape index (κ2) is 8.72. The Morgan fingerprint density at radius 2 is 1.38 bits per heavy atom. The molecule has 0 amide bonds. The summed E-state index contributed by atoms with van der Waals surface area (Å²) in [6, 6.07) is 41.0. The van der Waals surface area contributed by atoms with Crippen LogP contribution >= 0.6 is 0 Å². The molecule has 1 aromatic heterocycles. The summed E-state index contributed by atoms with van der Waals surface area (Å²) in [6.45, 7) is 4.38. The van der Waals surface area contributed by atoms with E-state index in [2.05, 4.69) is 113 Å². The van der Waals surface area contributed by atoms with Gasteiger partial charge < -0.3 is 4.57 Å². The minimum absolute atomic E-state index is 0.592. The third kappa shape index (κ3) is 3.59. The molecule has 1 heterocycles. The van der Waals surface area contributed by atoms with Gasteiger partial charge in [-0.1, -0.05) is 84.9 Å². The van der Waals surface area contributed by atoms with E-state index in [9.17, 15) is 0 Å². The molecule has 0 unspecified atom stereocenters. The van der Waals surface area contributed by atoms with Crippen LogP contribution in [0.1, 0.15) is 22.3 Å². The van der Waals surface area contributed by atoms with E-state index >= 15 is 0 Å². The van der Waals surface area contributed by atoms with Crippen molar-refractivity contribution in [3.05, 3.63) is 138 Å². The lowest BCUT2D eigenvalue weighted by Crippen LogP contribution is -1.99. The van der Waals surface area contributed by atoms with E-state index in [4.69, 9.17) is 4.99 Å². The normalized spacial score (nSPS) is 12.6. The zero-order chi connectivity index (χ0) is 24.8. The third-order valence-corrected chi connectivity index (χ3v) is 7.37. The van der Waals surface area contributed by atoms with Crippen LogP contribution in [-0.2, 0) is 13.0 Å². The predicted molar refractivity (Wildman–Crippen MR) is 155 cm³/mol. The van der Waals surface area contributed by atoms with Crippen molar-refractivity contribution in [1.29, 1.82) is 0 Å². The molecule has 0 saturated carbocycles. The van der Waals surface area contributed by atoms with E-state index in [1.165, 1.54) is 49.7 Å². The maximum atomic E-state index is 4.75. The highest BCUT2D eigenvalue weighted by molar-refractivity contribution is 6.09. The van der Waals surface area contributed by atoms with Crippen molar-refractivity contribution in [1.82, 2.24) is 4.57 Å². The van der Waals surface area contributed by atoms with Crippen LogP contribution in [0, 0.1) is 0 Å². The van der Waals surface area contributed by atoms with Gasteiger partial charge in [0.15, 0.2) is 5.84 Å². The fourth-order valence-corrected chi connectivity index (χ4v) is 5.64. The molecular formula is C34H25N3. The summed E-state index contributed by atoms with van der Waals surface area (Å²) in [5.41, 5.74) is 11.1. The molecule has 0 N–H and O–H groups in total. The summed E-state index contributed by atoms with van der Waals surface area (Å²) < 4.78 is 2.38. The maximum Gasteiger partial charge on any atom is 0.154 e. The lowest BCUT2D eigenvalue weighted by Gasteiger charge is -2.11. The molecule has 0 spiro atoms. The molecule has 0 aliphatic heterocycles. The van der Waals surface area contributed by atoms with Gasteiger partial charge in [-0.3, -0.25) is 4.99 Å². The van der Waals surface area contributed by atoms with Gasteiger partial charge >= 0.3 is 0 Å². The summed E-state index contributed by atoms with van der Waals surface area (Å²) in [6.07, 6.45) is 0.912. The molecule has 7 rings (SSSR count). The van der Waals surface area contributed by atoms with Crippen molar-refractivity contribution >= 4 is 34.4 Å². The molecule has 3 nitrogen and oxygen atoms in total. The number of nitrogens with zero attached hydrogens (tertiary/aromatic N) is 3. The van der Waals surface area contributed by atoms with E-state index in [1.54, 1.807) is 0 Å². The molecule has 0 atom stereocenters. The summed E-state index contributed by atoms with van der Waals surface area (Å²) >= 11 is 0. The smallest absolute Gasteiger partial charge is 0.154 e. The van der Waals surface area contributed by atoms with Crippen LogP contribution in [0.2, 0.25) is 0 Å². The first-order chi connectivity index (χ1) is 18.3. The standard InChI is InChI=1S/C34H25N3/c1-35-34(36-22-23-9-3-2-4-10-23)25-16-18-28-26(20-25)19-24-15-17-27(21-31(24)28)37-32-13-7-5-11-29(32)30-12-6-8-14-33(30)37/h2-18,20-21H,1,19,22H2/b36-34-. The molecule has 37 heavy (non-hydrogen) atoms. The maximum absolute atomic E-state index is 4.75. The van der Waals surface area contributed by atoms with E-state index in [1.807, 2.05) is 18.2 Å². The van der Waals surface area contributed by atoms with Crippen LogP contribution in [0.25, 0.3) is 38.6 Å². The van der Waals surface area contributed by atoms with E-state index in [0.717, 1.165) is 17.5 Å². The highest BCUT2D eigenvalue weighted by Gasteiger charge is 2.21. The number of rotatable bonds is 4. The van der Waals surface area contributed by atoms with Crippen LogP contribution in [0.5, 0.6) is 0 Å². The highest BCUT2D eigenvalue weighted by Crippen LogP contribution is 2.40. The number of para-hydroxylation sites is 2. The first kappa shape index (κ1) is 21.5. The fraction of sp³-hybridized carbons (Fsp3) is 0.0588. The van der Waals surface area contributed by atoms with Crippen LogP contribution in [-0.4, -0.2) is 17.1 Å². The fourth-order valence-electron chi connectivity index (χ4n) is 5.64. The molecular weight excluding hydrogens is 450 g/mol. The SMILES string of the molecule is C=N/C(=N\Cc1ccccc1)c1ccc2c(c1)Cc1ccc(-n3c4ccccc4c4ccccc43)cc1-2. The van der Waals surface area contributed by atoms with Gasteiger partial charge in [0.2, 0.25) is 0 Å². The van der Waals surface area contributed by atoms with Crippen LogP contribution in [0.3, 0.4) is 0 Å². The van der Waals surface area contributed by atoms with Gasteiger partial charge in [-0.2, -0.15) is 0 Å². The Labute approximate surface area is 216 Å². The van der Waals surface area contributed by atoms with Crippen molar-refractivity contribution in [2.45, 2.75) is 13.0 Å². The Kier molecular flexibility index (Phi) is 5.07. The number of benzene rings is 5. The van der Waals surface area contributed by atoms with E-state index in [0.29, 0.717) is 12.4 Å².